The van der Waals surface area contributed by atoms with E-state index in [2.05, 4.69) is 37.9 Å². The molecule has 0 aromatic carbocycles. The Labute approximate surface area is 131 Å². The van der Waals surface area contributed by atoms with Crippen LogP contribution in [0.4, 0.5) is 5.13 Å². The number of thiazole rings is 1. The number of aromatic nitrogens is 1. The Morgan fingerprint density at radius 3 is 2.81 bits per heavy atom. The van der Waals surface area contributed by atoms with Crippen molar-refractivity contribution in [2.75, 3.05) is 24.6 Å². The van der Waals surface area contributed by atoms with E-state index in [4.69, 9.17) is 9.72 Å². The second-order valence-electron chi connectivity index (χ2n) is 7.14. The van der Waals surface area contributed by atoms with Crippen molar-refractivity contribution in [3.8, 4) is 0 Å². The monoisotopic (exact) mass is 309 g/mol. The number of nitrogens with zero attached hydrogens (tertiary/aromatic N) is 2. The fourth-order valence-electron chi connectivity index (χ4n) is 2.77. The maximum absolute atomic E-state index is 5.81. The zero-order valence-electron chi connectivity index (χ0n) is 13.6. The van der Waals surface area contributed by atoms with Crippen molar-refractivity contribution in [3.05, 3.63) is 10.6 Å². The maximum Gasteiger partial charge on any atom is 0.186 e. The van der Waals surface area contributed by atoms with Gasteiger partial charge in [0.1, 0.15) is 0 Å². The lowest BCUT2D eigenvalue weighted by Crippen LogP contribution is -2.48. The Morgan fingerprint density at radius 2 is 2.19 bits per heavy atom. The van der Waals surface area contributed by atoms with Crippen molar-refractivity contribution >= 4 is 16.5 Å². The fraction of sp³-hybridized carbons (Fsp3) is 0.812. The average Bonchev–Trinajstić information content (AvgIpc) is 3.13. The zero-order chi connectivity index (χ0) is 15.0. The predicted octanol–water partition coefficient (Wildman–Crippen LogP) is 3.13. The molecule has 4 nitrogen and oxygen atoms in total. The van der Waals surface area contributed by atoms with E-state index in [1.165, 1.54) is 28.5 Å². The van der Waals surface area contributed by atoms with Gasteiger partial charge in [-0.15, -0.1) is 11.3 Å². The van der Waals surface area contributed by atoms with Gasteiger partial charge in [-0.05, 0) is 32.6 Å². The average molecular weight is 309 g/mol. The number of anilines is 1. The number of hydrogen-bond acceptors (Lipinski definition) is 5. The van der Waals surface area contributed by atoms with Crippen LogP contribution >= 0.6 is 11.3 Å². The lowest BCUT2D eigenvalue weighted by molar-refractivity contribution is -0.0277. The lowest BCUT2D eigenvalue weighted by atomic mass is 10.1. The van der Waals surface area contributed by atoms with E-state index in [0.717, 1.165) is 32.3 Å². The molecular weight excluding hydrogens is 282 g/mol. The number of nitrogens with one attached hydrogen (secondary N) is 1. The van der Waals surface area contributed by atoms with Crippen LogP contribution in [0.5, 0.6) is 0 Å². The third kappa shape index (κ3) is 3.76. The van der Waals surface area contributed by atoms with E-state index in [-0.39, 0.29) is 5.60 Å². The van der Waals surface area contributed by atoms with Crippen molar-refractivity contribution in [2.24, 2.45) is 0 Å². The molecule has 118 valence electrons. The van der Waals surface area contributed by atoms with Crippen molar-refractivity contribution in [3.63, 3.8) is 0 Å². The van der Waals surface area contributed by atoms with E-state index in [1.54, 1.807) is 0 Å². The highest BCUT2D eigenvalue weighted by Gasteiger charge is 2.30. The second kappa shape index (κ2) is 5.86. The van der Waals surface area contributed by atoms with Crippen LogP contribution in [0.2, 0.25) is 0 Å². The largest absolute Gasteiger partial charge is 0.372 e. The van der Waals surface area contributed by atoms with Crippen LogP contribution in [0, 0.1) is 0 Å². The first kappa shape index (κ1) is 15.3. The molecule has 0 amide bonds. The second-order valence-corrected chi connectivity index (χ2v) is 8.21. The molecule has 1 N–H and O–H groups in total. The summed E-state index contributed by atoms with van der Waals surface area (Å²) in [5.41, 5.74) is 1.20. The SMILES string of the molecule is CC(C)c1nc(N2CCOC(C)(C)C2)sc1CNC1CC1. The molecule has 1 aromatic heterocycles. The highest BCUT2D eigenvalue weighted by Crippen LogP contribution is 2.33. The predicted molar refractivity (Wildman–Crippen MR) is 88.3 cm³/mol. The Balaban J connectivity index is 1.76. The van der Waals surface area contributed by atoms with E-state index in [9.17, 15) is 0 Å². The van der Waals surface area contributed by atoms with Gasteiger partial charge in [0.05, 0.1) is 17.9 Å². The minimum absolute atomic E-state index is 0.0751. The maximum atomic E-state index is 5.81. The van der Waals surface area contributed by atoms with Gasteiger partial charge in [-0.25, -0.2) is 4.98 Å². The molecule has 1 aliphatic carbocycles. The third-order valence-corrected chi connectivity index (χ3v) is 5.22. The normalized spacial score (nSPS) is 22.0. The molecule has 0 atom stereocenters. The number of ether oxygens (including phenoxy) is 1. The summed E-state index contributed by atoms with van der Waals surface area (Å²) in [7, 11) is 0. The van der Waals surface area contributed by atoms with Crippen LogP contribution in [0.25, 0.3) is 0 Å². The molecule has 2 heterocycles. The third-order valence-electron chi connectivity index (χ3n) is 4.09. The van der Waals surface area contributed by atoms with Gasteiger partial charge in [0, 0.05) is 30.6 Å². The van der Waals surface area contributed by atoms with E-state index >= 15 is 0 Å². The van der Waals surface area contributed by atoms with E-state index in [0.29, 0.717) is 5.92 Å². The molecular formula is C16H27N3OS. The van der Waals surface area contributed by atoms with Gasteiger partial charge in [0.2, 0.25) is 0 Å². The first-order chi connectivity index (χ1) is 9.94. The smallest absolute Gasteiger partial charge is 0.186 e. The quantitative estimate of drug-likeness (QED) is 0.907. The lowest BCUT2D eigenvalue weighted by Gasteiger charge is -2.38. The molecule has 1 aliphatic heterocycles. The molecule has 21 heavy (non-hydrogen) atoms. The zero-order valence-corrected chi connectivity index (χ0v) is 14.4. The summed E-state index contributed by atoms with van der Waals surface area (Å²) in [4.78, 5) is 8.75. The van der Waals surface area contributed by atoms with Crippen molar-refractivity contribution in [1.82, 2.24) is 10.3 Å². The van der Waals surface area contributed by atoms with Crippen molar-refractivity contribution in [1.29, 1.82) is 0 Å². The van der Waals surface area contributed by atoms with Gasteiger partial charge in [0.25, 0.3) is 0 Å². The summed E-state index contributed by atoms with van der Waals surface area (Å²) >= 11 is 1.86. The standard InChI is InChI=1S/C16H27N3OS/c1-11(2)14-13(9-17-12-5-6-12)21-15(18-14)19-7-8-20-16(3,4)10-19/h11-12,17H,5-10H2,1-4H3. The first-order valence-electron chi connectivity index (χ1n) is 8.06. The van der Waals surface area contributed by atoms with E-state index < -0.39 is 0 Å². The topological polar surface area (TPSA) is 37.4 Å². The molecule has 0 unspecified atom stereocenters. The first-order valence-corrected chi connectivity index (χ1v) is 8.88. The van der Waals surface area contributed by atoms with Crippen LogP contribution in [0.1, 0.15) is 57.0 Å². The molecule has 0 radical (unpaired) electrons. The van der Waals surface area contributed by atoms with Crippen molar-refractivity contribution < 1.29 is 4.74 Å². The summed E-state index contributed by atoms with van der Waals surface area (Å²) in [6, 6.07) is 0.748. The molecule has 1 saturated heterocycles. The number of morpholine rings is 1. The minimum atomic E-state index is -0.0751. The Kier molecular flexibility index (Phi) is 4.26. The van der Waals surface area contributed by atoms with E-state index in [1.807, 2.05) is 11.3 Å². The molecule has 3 rings (SSSR count). The van der Waals surface area contributed by atoms with Gasteiger partial charge in [0.15, 0.2) is 5.13 Å². The summed E-state index contributed by atoms with van der Waals surface area (Å²) in [6.07, 6.45) is 2.67. The number of hydrogen-bond donors (Lipinski definition) is 1. The van der Waals surface area contributed by atoms with Gasteiger partial charge in [-0.2, -0.15) is 0 Å². The Hall–Kier alpha value is -0.650. The van der Waals surface area contributed by atoms with Crippen LogP contribution in [-0.2, 0) is 11.3 Å². The van der Waals surface area contributed by atoms with Crippen LogP contribution in [0.15, 0.2) is 0 Å². The summed E-state index contributed by atoms with van der Waals surface area (Å²) in [5.74, 6) is 0.486. The minimum Gasteiger partial charge on any atom is -0.372 e. The molecule has 5 heteroatoms. The Morgan fingerprint density at radius 1 is 1.43 bits per heavy atom. The molecule has 2 fully saturated rings. The van der Waals surface area contributed by atoms with Crippen LogP contribution in [-0.4, -0.2) is 36.3 Å². The molecule has 0 spiro atoms. The molecule has 1 aromatic rings. The van der Waals surface area contributed by atoms with Gasteiger partial charge in [-0.1, -0.05) is 13.8 Å². The van der Waals surface area contributed by atoms with Crippen molar-refractivity contribution in [2.45, 2.75) is 64.6 Å². The van der Waals surface area contributed by atoms with Gasteiger partial charge in [-0.3, -0.25) is 0 Å². The highest BCUT2D eigenvalue weighted by molar-refractivity contribution is 7.15. The molecule has 2 aliphatic rings. The Bertz CT molecular complexity index is 494. The van der Waals surface area contributed by atoms with Crippen LogP contribution in [0.3, 0.4) is 0 Å². The summed E-state index contributed by atoms with van der Waals surface area (Å²) < 4.78 is 5.81. The van der Waals surface area contributed by atoms with Crippen LogP contribution < -0.4 is 10.2 Å². The fourth-order valence-corrected chi connectivity index (χ4v) is 3.96. The summed E-state index contributed by atoms with van der Waals surface area (Å²) in [6.45, 7) is 12.4. The van der Waals surface area contributed by atoms with Gasteiger partial charge >= 0.3 is 0 Å². The highest BCUT2D eigenvalue weighted by atomic mass is 32.1. The van der Waals surface area contributed by atoms with Gasteiger partial charge < -0.3 is 15.0 Å². The molecule has 0 bridgehead atoms. The number of rotatable bonds is 5. The summed E-state index contributed by atoms with van der Waals surface area (Å²) in [5, 5.41) is 4.80. The molecule has 1 saturated carbocycles.